The zero-order chi connectivity index (χ0) is 64.4. The number of hydrogen-bond acceptors (Lipinski definition) is 13. The van der Waals surface area contributed by atoms with E-state index in [1.807, 2.05) is 55.4 Å². The van der Waals surface area contributed by atoms with Crippen molar-refractivity contribution in [2.75, 3.05) is 19.7 Å². The molecule has 0 aromatic carbocycles. The van der Waals surface area contributed by atoms with Crippen LogP contribution in [0.5, 0.6) is 0 Å². The van der Waals surface area contributed by atoms with Crippen LogP contribution in [0.3, 0.4) is 0 Å². The minimum absolute atomic E-state index is 0.0190. The molecule has 7 N–H and O–H groups in total. The van der Waals surface area contributed by atoms with Crippen LogP contribution in [0.25, 0.3) is 0 Å². The van der Waals surface area contributed by atoms with Gasteiger partial charge in [0.2, 0.25) is 41.4 Å². The average Bonchev–Trinajstić information content (AvgIpc) is 3.86. The van der Waals surface area contributed by atoms with E-state index in [4.69, 9.17) is 5.73 Å². The third-order valence-electron chi connectivity index (χ3n) is 17.6. The number of carbonyl (C=O) groups is 12. The standard InChI is InChI=1S/C64H109N7O13/c1-18-41(10)45(34-50(74)46(30-39(6)7)66-55(79)44(25-26-54(65)78)33-53(77)63(16,19-2)35-42(11)73)56(80)68-61(12,13)59(83)71-28-22-24-49(71)52(76)36-64(17,20-3)58(82)67-47(31-40(8)9)57(81)69-62(14,15)60(84)70-27-21-23-48(70)51(75)32-43(37-72)29-38(4)5/h38-41,43-49,72H,18-37H2,1-17H3,(H2,65,78)(H,66,79)(H,67,82)(H,68,80)(H,69,81). The predicted octanol–water partition coefficient (Wildman–Crippen LogP) is 6.67. The van der Waals surface area contributed by atoms with Crippen LogP contribution >= 0.6 is 0 Å². The smallest absolute Gasteiger partial charge is 0.248 e. The van der Waals surface area contributed by atoms with Gasteiger partial charge in [-0.3, -0.25) is 57.5 Å². The number of likely N-dealkylation sites (tertiary alicyclic amines) is 2. The van der Waals surface area contributed by atoms with E-state index < -0.39 is 105 Å². The SMILES string of the molecule is CCC(C)C(CC(=O)C(CC(C)C)NC(=O)C(CCC(N)=O)CC(=O)C(C)(CC)CC(C)=O)C(=O)NC(C)(C)C(=O)N1CCCC1C(=O)CC(C)(CC)C(=O)NC(CC(C)C)C(=O)NC(C)(C)C(=O)N1CCCC1C(=O)CC(CO)CC(C)C. The van der Waals surface area contributed by atoms with Gasteiger partial charge < -0.3 is 41.9 Å². The maximum absolute atomic E-state index is 14.6. The van der Waals surface area contributed by atoms with Crippen LogP contribution in [0, 0.1) is 52.3 Å². The Bertz CT molecular complexity index is 2350. The highest BCUT2D eigenvalue weighted by molar-refractivity contribution is 6.01. The number of hydrogen-bond donors (Lipinski definition) is 6. The molecular weight excluding hydrogens is 1070 g/mol. The molecule has 0 aromatic rings. The summed E-state index contributed by atoms with van der Waals surface area (Å²) in [6.45, 7) is 30.1. The third kappa shape index (κ3) is 21.8. The van der Waals surface area contributed by atoms with E-state index in [2.05, 4.69) is 21.3 Å². The number of nitrogens with zero attached hydrogens (tertiary/aromatic N) is 2. The molecule has 2 saturated heterocycles. The quantitative estimate of drug-likeness (QED) is 0.0377. The van der Waals surface area contributed by atoms with Gasteiger partial charge in [0.15, 0.2) is 17.3 Å². The fourth-order valence-corrected chi connectivity index (χ4v) is 11.8. The van der Waals surface area contributed by atoms with Gasteiger partial charge >= 0.3 is 0 Å². The Labute approximate surface area is 502 Å². The van der Waals surface area contributed by atoms with Crippen molar-refractivity contribution in [3.63, 3.8) is 0 Å². The molecule has 2 aliphatic rings. The Hall–Kier alpha value is -5.40. The Morgan fingerprint density at radius 1 is 0.595 bits per heavy atom. The topological polar surface area (TPSA) is 306 Å². The Kier molecular flexibility index (Phi) is 29.3. The normalized spacial score (nSPS) is 19.3. The van der Waals surface area contributed by atoms with Crippen molar-refractivity contribution in [1.29, 1.82) is 0 Å². The van der Waals surface area contributed by atoms with E-state index in [9.17, 15) is 62.6 Å². The summed E-state index contributed by atoms with van der Waals surface area (Å²) in [7, 11) is 0. The fourth-order valence-electron chi connectivity index (χ4n) is 11.8. The van der Waals surface area contributed by atoms with Crippen LogP contribution in [-0.4, -0.2) is 140 Å². The zero-order valence-electron chi connectivity index (χ0n) is 54.3. The second-order valence-corrected chi connectivity index (χ2v) is 27.6. The number of aliphatic hydroxyl groups excluding tert-OH is 1. The van der Waals surface area contributed by atoms with Gasteiger partial charge in [0, 0.05) is 75.5 Å². The molecule has 0 spiro atoms. The second kappa shape index (κ2) is 32.9. The number of ketones is 5. The molecule has 0 radical (unpaired) electrons. The van der Waals surface area contributed by atoms with Crippen LogP contribution < -0.4 is 27.0 Å². The van der Waals surface area contributed by atoms with Gasteiger partial charge in [-0.05, 0) is 128 Å². The van der Waals surface area contributed by atoms with Crippen molar-refractivity contribution in [2.45, 2.75) is 262 Å². The summed E-state index contributed by atoms with van der Waals surface area (Å²) in [5.74, 6) is -7.92. The molecule has 84 heavy (non-hydrogen) atoms. The van der Waals surface area contributed by atoms with Gasteiger partial charge in [0.05, 0.1) is 23.5 Å². The molecule has 7 amide bonds. The van der Waals surface area contributed by atoms with E-state index in [0.29, 0.717) is 51.5 Å². The van der Waals surface area contributed by atoms with Crippen molar-refractivity contribution >= 4 is 70.3 Å². The molecule has 10 atom stereocenters. The highest BCUT2D eigenvalue weighted by Gasteiger charge is 2.47. The van der Waals surface area contributed by atoms with Gasteiger partial charge in [-0.15, -0.1) is 0 Å². The van der Waals surface area contributed by atoms with Crippen LogP contribution in [0.15, 0.2) is 0 Å². The van der Waals surface area contributed by atoms with E-state index >= 15 is 0 Å². The first-order valence-electron chi connectivity index (χ1n) is 31.2. The van der Waals surface area contributed by atoms with Crippen LogP contribution in [0.4, 0.5) is 0 Å². The maximum atomic E-state index is 14.6. The molecule has 2 rings (SSSR count). The van der Waals surface area contributed by atoms with Crippen LogP contribution in [0.1, 0.15) is 227 Å². The Balaban J connectivity index is 2.31. The second-order valence-electron chi connectivity index (χ2n) is 27.6. The van der Waals surface area contributed by atoms with Crippen molar-refractivity contribution < 1.29 is 62.6 Å². The lowest BCUT2D eigenvalue weighted by molar-refractivity contribution is -0.147. The van der Waals surface area contributed by atoms with Gasteiger partial charge in [-0.1, -0.05) is 89.5 Å². The minimum atomic E-state index is -1.57. The lowest BCUT2D eigenvalue weighted by Gasteiger charge is -2.36. The Morgan fingerprint density at radius 3 is 1.54 bits per heavy atom. The number of amides is 7. The number of aliphatic hydroxyl groups is 1. The molecule has 10 unspecified atom stereocenters. The molecule has 0 saturated carbocycles. The van der Waals surface area contributed by atoms with Crippen molar-refractivity contribution in [3.05, 3.63) is 0 Å². The van der Waals surface area contributed by atoms with Gasteiger partial charge in [-0.2, -0.15) is 0 Å². The molecule has 478 valence electrons. The molecule has 0 aromatic heterocycles. The first-order valence-corrected chi connectivity index (χ1v) is 31.2. The number of nitrogens with one attached hydrogen (secondary N) is 4. The molecule has 20 heteroatoms. The number of primary amides is 1. The zero-order valence-corrected chi connectivity index (χ0v) is 54.3. The minimum Gasteiger partial charge on any atom is -0.396 e. The Morgan fingerprint density at radius 2 is 1.08 bits per heavy atom. The maximum Gasteiger partial charge on any atom is 0.248 e. The van der Waals surface area contributed by atoms with E-state index in [1.54, 1.807) is 41.5 Å². The monoisotopic (exact) mass is 1180 g/mol. The van der Waals surface area contributed by atoms with E-state index in [-0.39, 0.29) is 130 Å². The highest BCUT2D eigenvalue weighted by atomic mass is 16.3. The van der Waals surface area contributed by atoms with E-state index in [0.717, 1.165) is 0 Å². The number of rotatable bonds is 38. The molecular formula is C64H109N7O13. The van der Waals surface area contributed by atoms with Crippen LogP contribution in [0.2, 0.25) is 0 Å². The summed E-state index contributed by atoms with van der Waals surface area (Å²) in [5, 5.41) is 21.4. The largest absolute Gasteiger partial charge is 0.396 e. The third-order valence-corrected chi connectivity index (χ3v) is 17.6. The number of nitrogens with two attached hydrogens (primary N) is 1. The number of carbonyl (C=O) groups excluding carboxylic acids is 12. The van der Waals surface area contributed by atoms with Gasteiger partial charge in [0.1, 0.15) is 28.7 Å². The lowest BCUT2D eigenvalue weighted by atomic mass is 9.75. The summed E-state index contributed by atoms with van der Waals surface area (Å²) < 4.78 is 0. The summed E-state index contributed by atoms with van der Waals surface area (Å²) in [6.07, 6.45) is 2.98. The predicted molar refractivity (Wildman–Crippen MR) is 322 cm³/mol. The first-order chi connectivity index (χ1) is 38.8. The van der Waals surface area contributed by atoms with Crippen LogP contribution in [-0.2, 0) is 57.5 Å². The molecule has 2 heterocycles. The fraction of sp³-hybridized carbons (Fsp3) is 0.812. The van der Waals surface area contributed by atoms with Crippen molar-refractivity contribution in [1.82, 2.24) is 31.1 Å². The van der Waals surface area contributed by atoms with Gasteiger partial charge in [0.25, 0.3) is 0 Å². The first kappa shape index (κ1) is 74.7. The highest BCUT2D eigenvalue weighted by Crippen LogP contribution is 2.34. The lowest BCUT2D eigenvalue weighted by Crippen LogP contribution is -2.62. The van der Waals surface area contributed by atoms with E-state index in [1.165, 1.54) is 30.6 Å². The van der Waals surface area contributed by atoms with Gasteiger partial charge in [-0.25, -0.2) is 0 Å². The molecule has 2 fully saturated rings. The molecule has 0 bridgehead atoms. The summed E-state index contributed by atoms with van der Waals surface area (Å²) in [5.41, 5.74) is 0.0523. The average molecular weight is 1180 g/mol. The molecule has 2 aliphatic heterocycles. The van der Waals surface area contributed by atoms with Crippen molar-refractivity contribution in [3.8, 4) is 0 Å². The number of Topliss-reactive ketones (excluding diaryl/α,β-unsaturated/α-hetero) is 5. The molecule has 20 nitrogen and oxygen atoms in total. The summed E-state index contributed by atoms with van der Waals surface area (Å²) in [6, 6.07) is -3.78. The van der Waals surface area contributed by atoms with Crippen molar-refractivity contribution in [2.24, 2.45) is 58.0 Å². The summed E-state index contributed by atoms with van der Waals surface area (Å²) in [4.78, 5) is 169. The molecule has 0 aliphatic carbocycles. The summed E-state index contributed by atoms with van der Waals surface area (Å²) >= 11 is 0.